The van der Waals surface area contributed by atoms with E-state index in [1.165, 1.54) is 0 Å². The first-order valence-corrected chi connectivity index (χ1v) is 10.2. The van der Waals surface area contributed by atoms with Gasteiger partial charge in [0, 0.05) is 30.1 Å². The van der Waals surface area contributed by atoms with Crippen LogP contribution >= 0.6 is 0 Å². The van der Waals surface area contributed by atoms with Gasteiger partial charge < -0.3 is 15.8 Å². The Bertz CT molecular complexity index is 1150. The number of aromatic nitrogens is 2. The third-order valence-corrected chi connectivity index (χ3v) is 5.08. The molecule has 31 heavy (non-hydrogen) atoms. The Morgan fingerprint density at radius 3 is 2.71 bits per heavy atom. The quantitative estimate of drug-likeness (QED) is 0.441. The SMILES string of the molecule is C=CCOc1ccccc1Nc1ncc2c(n1)C(C(=NC)c1ccccc1)=C(N)CC2. The van der Waals surface area contributed by atoms with Gasteiger partial charge in [-0.15, -0.1) is 0 Å². The van der Waals surface area contributed by atoms with Crippen LogP contribution in [0.4, 0.5) is 11.6 Å². The average molecular weight is 412 g/mol. The smallest absolute Gasteiger partial charge is 0.227 e. The van der Waals surface area contributed by atoms with Crippen molar-refractivity contribution in [1.29, 1.82) is 0 Å². The first kappa shape index (κ1) is 20.3. The van der Waals surface area contributed by atoms with E-state index in [1.54, 1.807) is 13.1 Å². The Balaban J connectivity index is 1.72. The lowest BCUT2D eigenvalue weighted by Gasteiger charge is -2.22. The van der Waals surface area contributed by atoms with Crippen LogP contribution in [0, 0.1) is 0 Å². The van der Waals surface area contributed by atoms with E-state index in [-0.39, 0.29) is 0 Å². The van der Waals surface area contributed by atoms with Crippen molar-refractivity contribution in [2.45, 2.75) is 12.8 Å². The largest absolute Gasteiger partial charge is 0.487 e. The molecule has 0 spiro atoms. The van der Waals surface area contributed by atoms with Crippen LogP contribution in [-0.4, -0.2) is 29.3 Å². The maximum atomic E-state index is 6.48. The van der Waals surface area contributed by atoms with Gasteiger partial charge in [-0.2, -0.15) is 0 Å². The summed E-state index contributed by atoms with van der Waals surface area (Å²) in [4.78, 5) is 13.9. The number of hydrogen-bond acceptors (Lipinski definition) is 6. The number of aryl methyl sites for hydroxylation is 1. The highest BCUT2D eigenvalue weighted by molar-refractivity contribution is 6.32. The number of fused-ring (bicyclic) bond motifs is 1. The number of para-hydroxylation sites is 2. The number of allylic oxidation sites excluding steroid dienone is 2. The molecular formula is C25H25N5O. The predicted octanol–water partition coefficient (Wildman–Crippen LogP) is 4.52. The third-order valence-electron chi connectivity index (χ3n) is 5.08. The fourth-order valence-electron chi connectivity index (χ4n) is 3.62. The van der Waals surface area contributed by atoms with E-state index in [0.717, 1.165) is 52.3 Å². The Labute approximate surface area is 182 Å². The van der Waals surface area contributed by atoms with E-state index in [1.807, 2.05) is 60.8 Å². The van der Waals surface area contributed by atoms with Crippen molar-refractivity contribution in [2.75, 3.05) is 19.0 Å². The van der Waals surface area contributed by atoms with Gasteiger partial charge in [-0.05, 0) is 30.5 Å². The van der Waals surface area contributed by atoms with Gasteiger partial charge in [0.15, 0.2) is 0 Å². The standard InChI is InChI=1S/C25H25N5O/c1-3-15-31-21-12-8-7-11-20(21)29-25-28-16-18-13-14-19(26)22(24(18)30-25)23(27-2)17-9-5-4-6-10-17/h3-12,16H,1,13-15,26H2,2H3,(H,28,29,30). The van der Waals surface area contributed by atoms with Crippen LogP contribution in [-0.2, 0) is 6.42 Å². The molecule has 3 N–H and O–H groups in total. The predicted molar refractivity (Wildman–Crippen MR) is 126 cm³/mol. The second-order valence-electron chi connectivity index (χ2n) is 7.13. The summed E-state index contributed by atoms with van der Waals surface area (Å²) in [6.45, 7) is 4.12. The number of hydrogen-bond donors (Lipinski definition) is 2. The second kappa shape index (κ2) is 9.26. The van der Waals surface area contributed by atoms with Crippen LogP contribution in [0.3, 0.4) is 0 Å². The fraction of sp³-hybridized carbons (Fsp3) is 0.160. The summed E-state index contributed by atoms with van der Waals surface area (Å²) in [5, 5.41) is 3.28. The van der Waals surface area contributed by atoms with Gasteiger partial charge in [-0.1, -0.05) is 55.1 Å². The lowest BCUT2D eigenvalue weighted by atomic mass is 9.88. The molecule has 0 radical (unpaired) electrons. The summed E-state index contributed by atoms with van der Waals surface area (Å²) < 4.78 is 5.74. The summed E-state index contributed by atoms with van der Waals surface area (Å²) in [7, 11) is 1.78. The Morgan fingerprint density at radius 1 is 1.16 bits per heavy atom. The van der Waals surface area contributed by atoms with Crippen molar-refractivity contribution < 1.29 is 4.74 Å². The van der Waals surface area contributed by atoms with Crippen LogP contribution in [0.1, 0.15) is 23.2 Å². The van der Waals surface area contributed by atoms with Gasteiger partial charge in [0.2, 0.25) is 5.95 Å². The van der Waals surface area contributed by atoms with Gasteiger partial charge >= 0.3 is 0 Å². The van der Waals surface area contributed by atoms with E-state index in [9.17, 15) is 0 Å². The summed E-state index contributed by atoms with van der Waals surface area (Å²) in [6.07, 6.45) is 5.13. The molecular weight excluding hydrogens is 386 g/mol. The minimum atomic E-state index is 0.417. The van der Waals surface area contributed by atoms with Gasteiger partial charge in [0.1, 0.15) is 12.4 Å². The minimum Gasteiger partial charge on any atom is -0.487 e. The molecule has 0 bridgehead atoms. The molecule has 0 aliphatic heterocycles. The lowest BCUT2D eigenvalue weighted by molar-refractivity contribution is 0.365. The van der Waals surface area contributed by atoms with Gasteiger partial charge in [-0.3, -0.25) is 4.99 Å². The summed E-state index contributed by atoms with van der Waals surface area (Å²) in [5.41, 5.74) is 12.6. The van der Waals surface area contributed by atoms with Crippen molar-refractivity contribution in [1.82, 2.24) is 9.97 Å². The van der Waals surface area contributed by atoms with Crippen LogP contribution in [0.5, 0.6) is 5.75 Å². The molecule has 0 atom stereocenters. The van der Waals surface area contributed by atoms with E-state index in [0.29, 0.717) is 18.3 Å². The highest BCUT2D eigenvalue weighted by Crippen LogP contribution is 2.32. The zero-order valence-electron chi connectivity index (χ0n) is 17.5. The molecule has 6 nitrogen and oxygen atoms in total. The zero-order valence-corrected chi connectivity index (χ0v) is 17.5. The fourth-order valence-corrected chi connectivity index (χ4v) is 3.62. The van der Waals surface area contributed by atoms with Crippen molar-refractivity contribution in [3.8, 4) is 5.75 Å². The molecule has 4 rings (SSSR count). The van der Waals surface area contributed by atoms with Crippen LogP contribution in [0.2, 0.25) is 0 Å². The Kier molecular flexibility index (Phi) is 6.08. The number of nitrogens with zero attached hydrogens (tertiary/aromatic N) is 3. The van der Waals surface area contributed by atoms with E-state index in [2.05, 4.69) is 21.9 Å². The monoisotopic (exact) mass is 411 g/mol. The maximum Gasteiger partial charge on any atom is 0.227 e. The van der Waals surface area contributed by atoms with Crippen molar-refractivity contribution in [3.05, 3.63) is 96.0 Å². The van der Waals surface area contributed by atoms with Crippen LogP contribution in [0.25, 0.3) is 5.57 Å². The molecule has 0 fully saturated rings. The molecule has 0 amide bonds. The Morgan fingerprint density at radius 2 is 1.94 bits per heavy atom. The molecule has 6 heteroatoms. The van der Waals surface area contributed by atoms with E-state index >= 15 is 0 Å². The summed E-state index contributed by atoms with van der Waals surface area (Å²) >= 11 is 0. The van der Waals surface area contributed by atoms with Crippen LogP contribution < -0.4 is 15.8 Å². The van der Waals surface area contributed by atoms with Gasteiger partial charge in [0.05, 0.1) is 17.1 Å². The first-order valence-electron chi connectivity index (χ1n) is 10.2. The number of nitrogens with two attached hydrogens (primary N) is 1. The number of aliphatic imine (C=N–C) groups is 1. The number of rotatable bonds is 7. The summed E-state index contributed by atoms with van der Waals surface area (Å²) in [5.74, 6) is 1.18. The van der Waals surface area contributed by atoms with E-state index in [4.69, 9.17) is 15.5 Å². The third kappa shape index (κ3) is 4.33. The molecule has 1 aromatic heterocycles. The van der Waals surface area contributed by atoms with Crippen molar-refractivity contribution in [2.24, 2.45) is 10.7 Å². The molecule has 1 heterocycles. The zero-order chi connectivity index (χ0) is 21.6. The normalized spacial score (nSPS) is 13.5. The summed E-state index contributed by atoms with van der Waals surface area (Å²) in [6, 6.07) is 17.7. The average Bonchev–Trinajstić information content (AvgIpc) is 2.81. The molecule has 156 valence electrons. The maximum absolute atomic E-state index is 6.48. The lowest BCUT2D eigenvalue weighted by Crippen LogP contribution is -2.20. The number of ether oxygens (including phenoxy) is 1. The molecule has 3 aromatic rings. The minimum absolute atomic E-state index is 0.417. The van der Waals surface area contributed by atoms with Crippen LogP contribution in [0.15, 0.2) is 84.1 Å². The van der Waals surface area contributed by atoms with Crippen molar-refractivity contribution >= 4 is 22.9 Å². The molecule has 0 saturated carbocycles. The number of anilines is 2. The molecule has 0 unspecified atom stereocenters. The first-order chi connectivity index (χ1) is 15.2. The highest BCUT2D eigenvalue weighted by atomic mass is 16.5. The van der Waals surface area contributed by atoms with Gasteiger partial charge in [-0.25, -0.2) is 9.97 Å². The topological polar surface area (TPSA) is 85.4 Å². The second-order valence-corrected chi connectivity index (χ2v) is 7.13. The van der Waals surface area contributed by atoms with E-state index < -0.39 is 0 Å². The molecule has 0 saturated heterocycles. The number of nitrogens with one attached hydrogen (secondary N) is 1. The molecule has 1 aliphatic carbocycles. The van der Waals surface area contributed by atoms with Crippen molar-refractivity contribution in [3.63, 3.8) is 0 Å². The highest BCUT2D eigenvalue weighted by Gasteiger charge is 2.24. The van der Waals surface area contributed by atoms with Gasteiger partial charge in [0.25, 0.3) is 0 Å². The number of benzene rings is 2. The molecule has 2 aromatic carbocycles. The molecule has 1 aliphatic rings. The Hall–Kier alpha value is -3.93.